The molecule has 2 aromatic rings. The third-order valence-electron chi connectivity index (χ3n) is 4.67. The van der Waals surface area contributed by atoms with Crippen molar-refractivity contribution < 1.29 is 4.39 Å². The lowest BCUT2D eigenvalue weighted by Gasteiger charge is -2.24. The summed E-state index contributed by atoms with van der Waals surface area (Å²) in [6.45, 7) is 10.7. The van der Waals surface area contributed by atoms with Gasteiger partial charge in [0.25, 0.3) is 0 Å². The van der Waals surface area contributed by atoms with Crippen LogP contribution in [-0.2, 0) is 0 Å². The molecule has 3 heteroatoms. The Labute approximate surface area is 139 Å². The average molecular weight is 397 g/mol. The molecule has 2 N–H and O–H groups in total. The van der Waals surface area contributed by atoms with Crippen LogP contribution < -0.4 is 5.73 Å². The molecule has 0 aromatic heterocycles. The molecule has 1 nitrogen and oxygen atoms in total. The van der Waals surface area contributed by atoms with Crippen molar-refractivity contribution >= 4 is 22.6 Å². The van der Waals surface area contributed by atoms with Crippen LogP contribution in [0.2, 0.25) is 0 Å². The Morgan fingerprint density at radius 1 is 0.905 bits per heavy atom. The first kappa shape index (κ1) is 16.4. The molecule has 0 heterocycles. The standard InChI is InChI=1S/C18H21FIN/c1-9-10(2)12(4)17(13(5)11(9)3)18(21)15-7-6-14(19)8-16(15)20/h6-8,18H,21H2,1-5H3. The molecular weight excluding hydrogens is 376 g/mol. The van der Waals surface area contributed by atoms with Gasteiger partial charge in [0, 0.05) is 3.57 Å². The Morgan fingerprint density at radius 3 is 1.86 bits per heavy atom. The van der Waals surface area contributed by atoms with Crippen molar-refractivity contribution in [2.75, 3.05) is 0 Å². The largest absolute Gasteiger partial charge is 0.320 e. The zero-order valence-electron chi connectivity index (χ0n) is 13.1. The second-order valence-electron chi connectivity index (χ2n) is 5.68. The van der Waals surface area contributed by atoms with Crippen molar-refractivity contribution in [3.63, 3.8) is 0 Å². The highest BCUT2D eigenvalue weighted by Crippen LogP contribution is 2.34. The van der Waals surface area contributed by atoms with Gasteiger partial charge in [-0.25, -0.2) is 4.39 Å². The summed E-state index contributed by atoms with van der Waals surface area (Å²) in [5.41, 5.74) is 15.1. The Hall–Kier alpha value is -0.940. The highest BCUT2D eigenvalue weighted by atomic mass is 127. The third kappa shape index (κ3) is 2.86. The van der Waals surface area contributed by atoms with Crippen molar-refractivity contribution in [3.8, 4) is 0 Å². The lowest BCUT2D eigenvalue weighted by molar-refractivity contribution is 0.625. The van der Waals surface area contributed by atoms with Crippen molar-refractivity contribution in [2.24, 2.45) is 5.73 Å². The van der Waals surface area contributed by atoms with E-state index in [2.05, 4.69) is 57.2 Å². The van der Waals surface area contributed by atoms with Crippen LogP contribution in [0.4, 0.5) is 4.39 Å². The molecular formula is C18H21FIN. The second kappa shape index (κ2) is 6.05. The number of halogens is 2. The Bertz CT molecular complexity index is 678. The summed E-state index contributed by atoms with van der Waals surface area (Å²) in [7, 11) is 0. The fraction of sp³-hybridized carbons (Fsp3) is 0.333. The normalized spacial score (nSPS) is 12.6. The van der Waals surface area contributed by atoms with Crippen molar-refractivity contribution in [2.45, 2.75) is 40.7 Å². The van der Waals surface area contributed by atoms with E-state index >= 15 is 0 Å². The molecule has 1 atom stereocenters. The minimum atomic E-state index is -0.226. The first-order chi connectivity index (χ1) is 9.75. The van der Waals surface area contributed by atoms with Crippen LogP contribution >= 0.6 is 22.6 Å². The Balaban J connectivity index is 2.66. The predicted molar refractivity (Wildman–Crippen MR) is 95.3 cm³/mol. The van der Waals surface area contributed by atoms with Crippen LogP contribution in [0.3, 0.4) is 0 Å². The molecule has 0 saturated carbocycles. The smallest absolute Gasteiger partial charge is 0.124 e. The van der Waals surface area contributed by atoms with Gasteiger partial charge in [-0.15, -0.1) is 0 Å². The quantitative estimate of drug-likeness (QED) is 0.708. The van der Waals surface area contributed by atoms with Gasteiger partial charge in [-0.2, -0.15) is 0 Å². The fourth-order valence-electron chi connectivity index (χ4n) is 2.90. The summed E-state index contributed by atoms with van der Waals surface area (Å²) in [5.74, 6) is -0.222. The molecule has 2 aromatic carbocycles. The summed E-state index contributed by atoms with van der Waals surface area (Å²) >= 11 is 2.16. The monoisotopic (exact) mass is 397 g/mol. The van der Waals surface area contributed by atoms with E-state index in [4.69, 9.17) is 5.73 Å². The lowest BCUT2D eigenvalue weighted by Crippen LogP contribution is -2.18. The zero-order chi connectivity index (χ0) is 15.9. The van der Waals surface area contributed by atoms with Crippen LogP contribution in [-0.4, -0.2) is 0 Å². The average Bonchev–Trinajstić information content (AvgIpc) is 2.43. The van der Waals surface area contributed by atoms with Gasteiger partial charge in [0.15, 0.2) is 0 Å². The molecule has 2 rings (SSSR count). The van der Waals surface area contributed by atoms with Gasteiger partial charge in [-0.3, -0.25) is 0 Å². The van der Waals surface area contributed by atoms with Crippen molar-refractivity contribution in [1.29, 1.82) is 0 Å². The van der Waals surface area contributed by atoms with E-state index in [0.29, 0.717) is 0 Å². The van der Waals surface area contributed by atoms with Crippen molar-refractivity contribution in [1.82, 2.24) is 0 Å². The Morgan fingerprint density at radius 2 is 1.38 bits per heavy atom. The second-order valence-corrected chi connectivity index (χ2v) is 6.84. The summed E-state index contributed by atoms with van der Waals surface area (Å²) < 4.78 is 14.2. The van der Waals surface area contributed by atoms with E-state index in [-0.39, 0.29) is 11.9 Å². The SMILES string of the molecule is Cc1c(C)c(C)c(C(N)c2ccc(F)cc2I)c(C)c1C. The summed E-state index contributed by atoms with van der Waals surface area (Å²) in [4.78, 5) is 0. The highest BCUT2D eigenvalue weighted by molar-refractivity contribution is 14.1. The van der Waals surface area contributed by atoms with E-state index in [1.807, 2.05) is 0 Å². The summed E-state index contributed by atoms with van der Waals surface area (Å²) in [6.07, 6.45) is 0. The number of rotatable bonds is 2. The molecule has 0 aliphatic rings. The number of nitrogens with two attached hydrogens (primary N) is 1. The van der Waals surface area contributed by atoms with Gasteiger partial charge in [-0.1, -0.05) is 6.07 Å². The third-order valence-corrected chi connectivity index (χ3v) is 5.60. The maximum atomic E-state index is 13.3. The number of benzene rings is 2. The van der Waals surface area contributed by atoms with Gasteiger partial charge in [0.05, 0.1) is 6.04 Å². The number of hydrogen-bond acceptors (Lipinski definition) is 1. The van der Waals surface area contributed by atoms with Crippen LogP contribution in [0.25, 0.3) is 0 Å². The molecule has 0 aliphatic heterocycles. The van der Waals surface area contributed by atoms with Crippen LogP contribution in [0.15, 0.2) is 18.2 Å². The zero-order valence-corrected chi connectivity index (χ0v) is 15.3. The van der Waals surface area contributed by atoms with Gasteiger partial charge in [0.1, 0.15) is 5.82 Å². The molecule has 0 fully saturated rings. The minimum Gasteiger partial charge on any atom is -0.320 e. The molecule has 112 valence electrons. The predicted octanol–water partition coefficient (Wildman–Crippen LogP) is 5.02. The first-order valence-corrected chi connectivity index (χ1v) is 8.11. The molecule has 0 aliphatic carbocycles. The van der Waals surface area contributed by atoms with Gasteiger partial charge in [-0.05, 0) is 108 Å². The van der Waals surface area contributed by atoms with Crippen LogP contribution in [0, 0.1) is 44.0 Å². The van der Waals surface area contributed by atoms with E-state index < -0.39 is 0 Å². The lowest BCUT2D eigenvalue weighted by atomic mass is 9.84. The number of hydrogen-bond donors (Lipinski definition) is 1. The van der Waals surface area contributed by atoms with Crippen LogP contribution in [0.5, 0.6) is 0 Å². The van der Waals surface area contributed by atoms with E-state index in [1.165, 1.54) is 45.5 Å². The van der Waals surface area contributed by atoms with Gasteiger partial charge in [0.2, 0.25) is 0 Å². The molecule has 0 radical (unpaired) electrons. The van der Waals surface area contributed by atoms with Gasteiger partial charge < -0.3 is 5.73 Å². The Kier molecular flexibility index (Phi) is 4.73. The first-order valence-electron chi connectivity index (χ1n) is 7.03. The highest BCUT2D eigenvalue weighted by Gasteiger charge is 2.20. The fourth-order valence-corrected chi connectivity index (χ4v) is 3.72. The maximum absolute atomic E-state index is 13.3. The molecule has 0 spiro atoms. The summed E-state index contributed by atoms with van der Waals surface area (Å²) in [6, 6.07) is 4.59. The molecule has 0 saturated heterocycles. The minimum absolute atomic E-state index is 0.222. The maximum Gasteiger partial charge on any atom is 0.124 e. The van der Waals surface area contributed by atoms with E-state index in [9.17, 15) is 4.39 Å². The van der Waals surface area contributed by atoms with Gasteiger partial charge >= 0.3 is 0 Å². The van der Waals surface area contributed by atoms with E-state index in [0.717, 1.165) is 9.13 Å². The molecule has 0 amide bonds. The van der Waals surface area contributed by atoms with Crippen LogP contribution in [0.1, 0.15) is 45.0 Å². The summed E-state index contributed by atoms with van der Waals surface area (Å²) in [5, 5.41) is 0. The molecule has 1 unspecified atom stereocenters. The topological polar surface area (TPSA) is 26.0 Å². The molecule has 0 bridgehead atoms. The van der Waals surface area contributed by atoms with Crippen molar-refractivity contribution in [3.05, 3.63) is 66.5 Å². The molecule has 21 heavy (non-hydrogen) atoms. The van der Waals surface area contributed by atoms with E-state index in [1.54, 1.807) is 6.07 Å².